The van der Waals surface area contributed by atoms with E-state index >= 15 is 0 Å². The summed E-state index contributed by atoms with van der Waals surface area (Å²) >= 11 is 6.08. The molecule has 37 heavy (non-hydrogen) atoms. The van der Waals surface area contributed by atoms with Crippen molar-refractivity contribution in [3.05, 3.63) is 43.0 Å². The molecule has 2 aromatic heterocycles. The van der Waals surface area contributed by atoms with E-state index in [4.69, 9.17) is 30.1 Å². The van der Waals surface area contributed by atoms with Gasteiger partial charge in [0.05, 0.1) is 24.6 Å². The predicted octanol–water partition coefficient (Wildman–Crippen LogP) is 6.17. The van der Waals surface area contributed by atoms with E-state index < -0.39 is 30.1 Å². The molecule has 0 aliphatic rings. The molecule has 0 bridgehead atoms. The number of hydrogen-bond acceptors (Lipinski definition) is 9. The summed E-state index contributed by atoms with van der Waals surface area (Å²) < 4.78 is 31.0. The van der Waals surface area contributed by atoms with Crippen molar-refractivity contribution in [3.8, 4) is 5.75 Å². The summed E-state index contributed by atoms with van der Waals surface area (Å²) in [4.78, 5) is 31.9. The van der Waals surface area contributed by atoms with Crippen LogP contribution in [0.2, 0.25) is 0 Å². The lowest BCUT2D eigenvalue weighted by Crippen LogP contribution is -2.42. The van der Waals surface area contributed by atoms with E-state index in [1.165, 1.54) is 6.33 Å². The zero-order valence-corrected chi connectivity index (χ0v) is 23.7. The zero-order chi connectivity index (χ0) is 27.4. The van der Waals surface area contributed by atoms with Crippen LogP contribution in [0, 0.1) is 0 Å². The fourth-order valence-corrected chi connectivity index (χ4v) is 4.44. The predicted molar refractivity (Wildman–Crippen MR) is 141 cm³/mol. The number of carbonyl (C=O) groups is 1. The molecule has 0 aliphatic carbocycles. The highest BCUT2D eigenvalue weighted by Crippen LogP contribution is 2.52. The van der Waals surface area contributed by atoms with Gasteiger partial charge in [-0.3, -0.25) is 9.40 Å². The van der Waals surface area contributed by atoms with Crippen LogP contribution in [0.3, 0.4) is 0 Å². The first-order chi connectivity index (χ1) is 17.1. The van der Waals surface area contributed by atoms with Crippen LogP contribution < -0.4 is 9.59 Å². The molecule has 0 aliphatic heterocycles. The number of para-hydroxylation sites is 1. The first-order valence-corrected chi connectivity index (χ1v) is 14.4. The Bertz CT molecular complexity index is 1260. The standard InChI is InChI=1S/C24H33ClN5O6P/c1-17(33-16-37(25,32)35-18-11-9-8-10-12-18)13-29-15-28-19-20(29)26-14-27-21(19)30(36-24(5,6)7)22(31)34-23(2,3)4/h8-12,14-15,17H,13,16H2,1-7H3/t17-,37?/m1/s1. The van der Waals surface area contributed by atoms with Crippen LogP contribution in [0.5, 0.6) is 5.75 Å². The molecule has 13 heteroatoms. The fourth-order valence-electron chi connectivity index (χ4n) is 3.11. The molecule has 202 valence electrons. The Morgan fingerprint density at radius 2 is 1.76 bits per heavy atom. The normalized spacial score (nSPS) is 14.7. The molecule has 2 atom stereocenters. The number of benzene rings is 1. The average Bonchev–Trinajstić information content (AvgIpc) is 3.18. The van der Waals surface area contributed by atoms with E-state index in [1.54, 1.807) is 83.6 Å². The van der Waals surface area contributed by atoms with Crippen molar-refractivity contribution in [3.63, 3.8) is 0 Å². The second-order valence-corrected chi connectivity index (χ2v) is 13.5. The van der Waals surface area contributed by atoms with E-state index in [1.807, 2.05) is 6.07 Å². The van der Waals surface area contributed by atoms with Gasteiger partial charge in [0.1, 0.15) is 24.0 Å². The van der Waals surface area contributed by atoms with Gasteiger partial charge in [-0.05, 0) is 71.8 Å². The van der Waals surface area contributed by atoms with Crippen molar-refractivity contribution in [2.45, 2.75) is 72.3 Å². The largest absolute Gasteiger partial charge is 0.442 e. The summed E-state index contributed by atoms with van der Waals surface area (Å²) in [6.45, 7) is 9.24. The maximum Gasteiger partial charge on any atom is 0.440 e. The van der Waals surface area contributed by atoms with Crippen LogP contribution >= 0.6 is 18.0 Å². The molecule has 0 spiro atoms. The van der Waals surface area contributed by atoms with Crippen LogP contribution in [0.1, 0.15) is 48.5 Å². The Hall–Kier alpha value is -2.72. The number of fused-ring (bicyclic) bond motifs is 1. The third-order valence-corrected chi connectivity index (χ3v) is 5.89. The van der Waals surface area contributed by atoms with E-state index in [0.29, 0.717) is 23.5 Å². The lowest BCUT2D eigenvalue weighted by molar-refractivity contribution is -0.0361. The van der Waals surface area contributed by atoms with Gasteiger partial charge in [0.25, 0.3) is 0 Å². The number of carbonyl (C=O) groups excluding carboxylic acids is 1. The third-order valence-electron chi connectivity index (χ3n) is 4.45. The average molecular weight is 554 g/mol. The van der Waals surface area contributed by atoms with Crippen LogP contribution in [0.4, 0.5) is 10.6 Å². The summed E-state index contributed by atoms with van der Waals surface area (Å²) in [5.41, 5.74) is -0.696. The maximum absolute atomic E-state index is 13.0. The van der Waals surface area contributed by atoms with Gasteiger partial charge >= 0.3 is 12.8 Å². The Balaban J connectivity index is 1.77. The highest BCUT2D eigenvalue weighted by atomic mass is 35.7. The molecule has 1 amide bonds. The van der Waals surface area contributed by atoms with Crippen LogP contribution in [0.25, 0.3) is 11.2 Å². The molecule has 0 N–H and O–H groups in total. The highest BCUT2D eigenvalue weighted by Gasteiger charge is 2.32. The van der Waals surface area contributed by atoms with Gasteiger partial charge in [0.15, 0.2) is 17.0 Å². The van der Waals surface area contributed by atoms with E-state index in [-0.39, 0.29) is 12.2 Å². The van der Waals surface area contributed by atoms with Gasteiger partial charge in [0, 0.05) is 0 Å². The van der Waals surface area contributed by atoms with Gasteiger partial charge in [-0.25, -0.2) is 19.7 Å². The maximum atomic E-state index is 13.0. The quantitative estimate of drug-likeness (QED) is 0.226. The number of rotatable bonds is 9. The molecule has 3 rings (SSSR count). The molecule has 1 unspecified atom stereocenters. The monoisotopic (exact) mass is 553 g/mol. The molecule has 0 radical (unpaired) electrons. The fraction of sp³-hybridized carbons (Fsp3) is 0.500. The van der Waals surface area contributed by atoms with Gasteiger partial charge in [-0.15, -0.1) is 5.06 Å². The van der Waals surface area contributed by atoms with Crippen molar-refractivity contribution in [1.29, 1.82) is 0 Å². The summed E-state index contributed by atoms with van der Waals surface area (Å²) in [5.74, 6) is 0.539. The second kappa shape index (κ2) is 11.3. The number of hydroxylamine groups is 1. The van der Waals surface area contributed by atoms with Crippen LogP contribution in [-0.2, 0) is 25.4 Å². The van der Waals surface area contributed by atoms with Crippen LogP contribution in [0.15, 0.2) is 43.0 Å². The van der Waals surface area contributed by atoms with Crippen molar-refractivity contribution < 1.29 is 28.2 Å². The number of imidazole rings is 1. The summed E-state index contributed by atoms with van der Waals surface area (Å²) in [5, 5.41) is 0.997. The number of nitrogens with zero attached hydrogens (tertiary/aromatic N) is 5. The van der Waals surface area contributed by atoms with E-state index in [2.05, 4.69) is 15.0 Å². The second-order valence-electron chi connectivity index (χ2n) is 10.3. The molecular formula is C24H33ClN5O6P. The molecule has 11 nitrogen and oxygen atoms in total. The van der Waals surface area contributed by atoms with Crippen molar-refractivity contribution in [2.75, 3.05) is 11.4 Å². The first kappa shape index (κ1) is 28.8. The van der Waals surface area contributed by atoms with E-state index in [9.17, 15) is 9.36 Å². The topological polar surface area (TPSA) is 118 Å². The number of halogens is 1. The van der Waals surface area contributed by atoms with Gasteiger partial charge < -0.3 is 18.6 Å². The van der Waals surface area contributed by atoms with Crippen molar-refractivity contribution >= 4 is 41.0 Å². The Kier molecular flexibility index (Phi) is 8.85. The minimum Gasteiger partial charge on any atom is -0.442 e. The number of amides is 1. The van der Waals surface area contributed by atoms with E-state index in [0.717, 1.165) is 5.06 Å². The Morgan fingerprint density at radius 1 is 1.08 bits per heavy atom. The molecule has 3 aromatic rings. The van der Waals surface area contributed by atoms with Gasteiger partial charge in [-0.1, -0.05) is 18.2 Å². The molecule has 0 fully saturated rings. The zero-order valence-electron chi connectivity index (χ0n) is 22.0. The molecule has 1 aromatic carbocycles. The van der Waals surface area contributed by atoms with Gasteiger partial charge in [0.2, 0.25) is 0 Å². The summed E-state index contributed by atoms with van der Waals surface area (Å²) in [6, 6.07) is 8.66. The minimum absolute atomic E-state index is 0.142. The lowest BCUT2D eigenvalue weighted by atomic mass is 10.2. The number of anilines is 1. The van der Waals surface area contributed by atoms with Crippen molar-refractivity contribution in [1.82, 2.24) is 19.5 Å². The van der Waals surface area contributed by atoms with Gasteiger partial charge in [-0.2, -0.15) is 0 Å². The lowest BCUT2D eigenvalue weighted by Gasteiger charge is -2.30. The number of ether oxygens (including phenoxy) is 2. The summed E-state index contributed by atoms with van der Waals surface area (Å²) in [6.07, 6.45) is 1.42. The number of aromatic nitrogens is 4. The molecule has 0 saturated heterocycles. The Morgan fingerprint density at radius 3 is 2.38 bits per heavy atom. The van der Waals surface area contributed by atoms with Crippen LogP contribution in [-0.4, -0.2) is 49.3 Å². The number of hydrogen-bond donors (Lipinski definition) is 0. The SMILES string of the molecule is C[C@H](Cn1cnc2c(N(OC(C)(C)C)C(=O)OC(C)(C)C)ncnc21)OCP(=O)(Cl)Oc1ccccc1. The third kappa shape index (κ3) is 8.67. The molecule has 2 heterocycles. The highest BCUT2D eigenvalue weighted by molar-refractivity contribution is 7.85. The first-order valence-electron chi connectivity index (χ1n) is 11.7. The molecule has 0 saturated carbocycles. The smallest absolute Gasteiger partial charge is 0.440 e. The minimum atomic E-state index is -3.55. The van der Waals surface area contributed by atoms with Crippen molar-refractivity contribution in [2.24, 2.45) is 0 Å². The molecular weight excluding hydrogens is 521 g/mol. The summed E-state index contributed by atoms with van der Waals surface area (Å²) in [7, 11) is 0. The Labute approximate surface area is 221 Å².